The zero-order valence-electron chi connectivity index (χ0n) is 10.9. The summed E-state index contributed by atoms with van der Waals surface area (Å²) in [5, 5.41) is 1.12. The Balaban J connectivity index is 2.38. The number of hydrogen-bond donors (Lipinski definition) is 2. The SMILES string of the molecule is COC(=O)C(N)Cc1c(C)[nH]c2cc(C)ccc12. The van der Waals surface area contributed by atoms with Gasteiger partial charge >= 0.3 is 5.97 Å². The van der Waals surface area contributed by atoms with Crippen LogP contribution in [0, 0.1) is 13.8 Å². The van der Waals surface area contributed by atoms with Crippen LogP contribution in [-0.2, 0) is 16.0 Å². The number of aryl methyl sites for hydroxylation is 2. The zero-order chi connectivity index (χ0) is 13.3. The molecule has 0 aliphatic carbocycles. The second-order valence-corrected chi connectivity index (χ2v) is 4.61. The average molecular weight is 246 g/mol. The third kappa shape index (κ3) is 2.24. The number of aromatic nitrogens is 1. The fourth-order valence-electron chi connectivity index (χ4n) is 2.22. The lowest BCUT2D eigenvalue weighted by Crippen LogP contribution is -2.33. The molecule has 0 bridgehead atoms. The van der Waals surface area contributed by atoms with Crippen molar-refractivity contribution >= 4 is 16.9 Å². The predicted octanol–water partition coefficient (Wildman–Crippen LogP) is 1.83. The molecule has 1 heterocycles. The molecule has 0 aliphatic rings. The summed E-state index contributed by atoms with van der Waals surface area (Å²) >= 11 is 0. The molecule has 96 valence electrons. The van der Waals surface area contributed by atoms with Gasteiger partial charge in [0.2, 0.25) is 0 Å². The molecule has 1 aromatic heterocycles. The Labute approximate surface area is 106 Å². The largest absolute Gasteiger partial charge is 0.468 e. The predicted molar refractivity (Wildman–Crippen MR) is 71.5 cm³/mol. The van der Waals surface area contributed by atoms with Crippen LogP contribution in [0.15, 0.2) is 18.2 Å². The number of ether oxygens (including phenoxy) is 1. The molecule has 0 amide bonds. The summed E-state index contributed by atoms with van der Waals surface area (Å²) in [6.07, 6.45) is 0.488. The Morgan fingerprint density at radius 2 is 2.17 bits per heavy atom. The lowest BCUT2D eigenvalue weighted by molar-refractivity contribution is -0.142. The number of benzene rings is 1. The summed E-state index contributed by atoms with van der Waals surface area (Å²) in [5.41, 5.74) is 10.2. The molecule has 18 heavy (non-hydrogen) atoms. The maximum absolute atomic E-state index is 11.4. The van der Waals surface area contributed by atoms with Crippen LogP contribution in [0.5, 0.6) is 0 Å². The number of methoxy groups -OCH3 is 1. The molecule has 1 atom stereocenters. The third-order valence-corrected chi connectivity index (χ3v) is 3.20. The molecule has 0 saturated heterocycles. The highest BCUT2D eigenvalue weighted by atomic mass is 16.5. The van der Waals surface area contributed by atoms with E-state index in [1.807, 2.05) is 6.92 Å². The van der Waals surface area contributed by atoms with Gasteiger partial charge in [-0.3, -0.25) is 4.79 Å². The smallest absolute Gasteiger partial charge is 0.322 e. The molecular weight excluding hydrogens is 228 g/mol. The summed E-state index contributed by atoms with van der Waals surface area (Å²) in [7, 11) is 1.35. The van der Waals surface area contributed by atoms with Gasteiger partial charge in [-0.1, -0.05) is 12.1 Å². The van der Waals surface area contributed by atoms with Gasteiger partial charge in [-0.15, -0.1) is 0 Å². The van der Waals surface area contributed by atoms with Crippen molar-refractivity contribution in [1.82, 2.24) is 4.98 Å². The highest BCUT2D eigenvalue weighted by molar-refractivity contribution is 5.86. The fourth-order valence-corrected chi connectivity index (χ4v) is 2.22. The van der Waals surface area contributed by atoms with Crippen molar-refractivity contribution in [1.29, 1.82) is 0 Å². The molecule has 4 heteroatoms. The highest BCUT2D eigenvalue weighted by Crippen LogP contribution is 2.24. The van der Waals surface area contributed by atoms with Crippen LogP contribution in [0.2, 0.25) is 0 Å². The Bertz CT molecular complexity index is 587. The number of nitrogens with one attached hydrogen (secondary N) is 1. The zero-order valence-corrected chi connectivity index (χ0v) is 10.9. The summed E-state index contributed by atoms with van der Waals surface area (Å²) in [5.74, 6) is -0.379. The van der Waals surface area contributed by atoms with Crippen molar-refractivity contribution in [2.24, 2.45) is 5.73 Å². The topological polar surface area (TPSA) is 68.1 Å². The number of rotatable bonds is 3. The number of aromatic amines is 1. The molecule has 1 unspecified atom stereocenters. The number of carbonyl (C=O) groups is 1. The molecule has 2 rings (SSSR count). The first-order valence-corrected chi connectivity index (χ1v) is 5.94. The van der Waals surface area contributed by atoms with Gasteiger partial charge in [0, 0.05) is 23.0 Å². The minimum Gasteiger partial charge on any atom is -0.468 e. The van der Waals surface area contributed by atoms with Crippen LogP contribution in [0.1, 0.15) is 16.8 Å². The van der Waals surface area contributed by atoms with E-state index in [1.165, 1.54) is 12.7 Å². The number of fused-ring (bicyclic) bond motifs is 1. The molecule has 2 aromatic rings. The Kier molecular flexibility index (Phi) is 3.39. The van der Waals surface area contributed by atoms with Crippen molar-refractivity contribution in [3.63, 3.8) is 0 Å². The van der Waals surface area contributed by atoms with Crippen molar-refractivity contribution in [3.8, 4) is 0 Å². The quantitative estimate of drug-likeness (QED) is 0.812. The van der Waals surface area contributed by atoms with Gasteiger partial charge in [-0.05, 0) is 31.0 Å². The first-order valence-electron chi connectivity index (χ1n) is 5.94. The van der Waals surface area contributed by atoms with E-state index < -0.39 is 6.04 Å². The van der Waals surface area contributed by atoms with E-state index in [0.717, 1.165) is 22.2 Å². The van der Waals surface area contributed by atoms with Crippen molar-refractivity contribution in [3.05, 3.63) is 35.0 Å². The second kappa shape index (κ2) is 4.82. The molecule has 0 saturated carbocycles. The minimum absolute atomic E-state index is 0.379. The van der Waals surface area contributed by atoms with Gasteiger partial charge in [0.1, 0.15) is 6.04 Å². The first kappa shape index (κ1) is 12.6. The van der Waals surface area contributed by atoms with Crippen molar-refractivity contribution in [2.75, 3.05) is 7.11 Å². The lowest BCUT2D eigenvalue weighted by Gasteiger charge is -2.09. The monoisotopic (exact) mass is 246 g/mol. The minimum atomic E-state index is -0.617. The molecule has 0 spiro atoms. The van der Waals surface area contributed by atoms with Crippen molar-refractivity contribution < 1.29 is 9.53 Å². The molecule has 4 nitrogen and oxygen atoms in total. The van der Waals surface area contributed by atoms with E-state index >= 15 is 0 Å². The van der Waals surface area contributed by atoms with Crippen LogP contribution in [0.4, 0.5) is 0 Å². The summed E-state index contributed by atoms with van der Waals surface area (Å²) in [6.45, 7) is 4.05. The first-order chi connectivity index (χ1) is 8.52. The maximum Gasteiger partial charge on any atom is 0.322 e. The fraction of sp³-hybridized carbons (Fsp3) is 0.357. The van der Waals surface area contributed by atoms with E-state index in [0.29, 0.717) is 6.42 Å². The van der Waals surface area contributed by atoms with E-state index in [4.69, 9.17) is 5.73 Å². The maximum atomic E-state index is 11.4. The molecular formula is C14H18N2O2. The summed E-state index contributed by atoms with van der Waals surface area (Å²) in [6, 6.07) is 5.60. The van der Waals surface area contributed by atoms with Gasteiger partial charge in [0.15, 0.2) is 0 Å². The number of hydrogen-bond acceptors (Lipinski definition) is 3. The van der Waals surface area contributed by atoms with Crippen LogP contribution >= 0.6 is 0 Å². The lowest BCUT2D eigenvalue weighted by atomic mass is 10.0. The summed E-state index contributed by atoms with van der Waals surface area (Å²) in [4.78, 5) is 14.7. The number of esters is 1. The van der Waals surface area contributed by atoms with Crippen molar-refractivity contribution in [2.45, 2.75) is 26.3 Å². The van der Waals surface area contributed by atoms with Crippen LogP contribution in [-0.4, -0.2) is 24.1 Å². The molecule has 3 N–H and O–H groups in total. The Morgan fingerprint density at radius 1 is 1.44 bits per heavy atom. The number of carbonyl (C=O) groups excluding carboxylic acids is 1. The normalized spacial score (nSPS) is 12.7. The second-order valence-electron chi connectivity index (χ2n) is 4.61. The van der Waals surface area contributed by atoms with Crippen LogP contribution in [0.25, 0.3) is 10.9 Å². The molecule has 0 fully saturated rings. The van der Waals surface area contributed by atoms with Crippen LogP contribution in [0.3, 0.4) is 0 Å². The van der Waals surface area contributed by atoms with Gasteiger partial charge in [0.25, 0.3) is 0 Å². The van der Waals surface area contributed by atoms with E-state index in [9.17, 15) is 4.79 Å². The van der Waals surface area contributed by atoms with Gasteiger partial charge in [-0.25, -0.2) is 0 Å². The van der Waals surface area contributed by atoms with Gasteiger partial charge in [-0.2, -0.15) is 0 Å². The van der Waals surface area contributed by atoms with Crippen LogP contribution < -0.4 is 5.73 Å². The molecule has 0 radical (unpaired) electrons. The average Bonchev–Trinajstić information content (AvgIpc) is 2.64. The third-order valence-electron chi connectivity index (χ3n) is 3.20. The number of nitrogens with two attached hydrogens (primary N) is 1. The highest BCUT2D eigenvalue weighted by Gasteiger charge is 2.18. The van der Waals surface area contributed by atoms with E-state index in [2.05, 4.69) is 34.8 Å². The standard InChI is InChI=1S/C14H18N2O2/c1-8-4-5-10-11(7-12(15)14(17)18-3)9(2)16-13(10)6-8/h4-6,12,16H,7,15H2,1-3H3. The Hall–Kier alpha value is -1.81. The van der Waals surface area contributed by atoms with E-state index in [-0.39, 0.29) is 5.97 Å². The molecule has 0 aliphatic heterocycles. The van der Waals surface area contributed by atoms with Gasteiger partial charge in [0.05, 0.1) is 7.11 Å². The summed E-state index contributed by atoms with van der Waals surface area (Å²) < 4.78 is 4.66. The van der Waals surface area contributed by atoms with E-state index in [1.54, 1.807) is 0 Å². The number of H-pyrrole nitrogens is 1. The van der Waals surface area contributed by atoms with Gasteiger partial charge < -0.3 is 15.5 Å². The Morgan fingerprint density at radius 3 is 2.83 bits per heavy atom. The molecule has 1 aromatic carbocycles.